The first kappa shape index (κ1) is 16.8. The van der Waals surface area contributed by atoms with Gasteiger partial charge in [-0.25, -0.2) is 0 Å². The highest BCUT2D eigenvalue weighted by atomic mass is 16.2. The molecule has 0 atom stereocenters. The minimum absolute atomic E-state index is 0.0910. The second-order valence-electron chi connectivity index (χ2n) is 7.08. The molecule has 0 spiro atoms. The number of amides is 2. The van der Waals surface area contributed by atoms with Gasteiger partial charge in [-0.1, -0.05) is 6.92 Å². The molecule has 24 heavy (non-hydrogen) atoms. The number of benzene rings is 1. The van der Waals surface area contributed by atoms with Crippen molar-refractivity contribution in [2.45, 2.75) is 39.5 Å². The van der Waals surface area contributed by atoms with Crippen molar-refractivity contribution in [3.63, 3.8) is 0 Å². The number of hydrogen-bond acceptors (Lipinski definition) is 3. The Balaban J connectivity index is 1.91. The molecular formula is C19H27N3O2. The number of rotatable bonds is 3. The fourth-order valence-electron chi connectivity index (χ4n) is 3.60. The molecule has 2 aliphatic rings. The fourth-order valence-corrected chi connectivity index (χ4v) is 3.60. The van der Waals surface area contributed by atoms with E-state index in [1.54, 1.807) is 0 Å². The van der Waals surface area contributed by atoms with Crippen molar-refractivity contribution >= 4 is 23.2 Å². The van der Waals surface area contributed by atoms with Gasteiger partial charge < -0.3 is 15.1 Å². The number of likely N-dealkylation sites (tertiary alicyclic amines) is 1. The molecule has 130 valence electrons. The Morgan fingerprint density at radius 3 is 2.38 bits per heavy atom. The average Bonchev–Trinajstić information content (AvgIpc) is 3.09. The van der Waals surface area contributed by atoms with Crippen LogP contribution in [0.5, 0.6) is 0 Å². The first-order valence-corrected chi connectivity index (χ1v) is 9.00. The Labute approximate surface area is 144 Å². The third-order valence-corrected chi connectivity index (χ3v) is 5.06. The zero-order valence-electron chi connectivity index (χ0n) is 14.7. The zero-order valence-corrected chi connectivity index (χ0v) is 14.7. The molecule has 0 saturated carbocycles. The molecule has 0 bridgehead atoms. The molecule has 2 amide bonds. The first-order valence-electron chi connectivity index (χ1n) is 9.00. The second kappa shape index (κ2) is 7.24. The molecule has 0 aromatic heterocycles. The van der Waals surface area contributed by atoms with Gasteiger partial charge in [0.2, 0.25) is 5.91 Å². The maximum Gasteiger partial charge on any atom is 0.256 e. The van der Waals surface area contributed by atoms with E-state index in [1.807, 2.05) is 23.1 Å². The van der Waals surface area contributed by atoms with Crippen LogP contribution in [0.4, 0.5) is 11.4 Å². The van der Waals surface area contributed by atoms with Crippen LogP contribution in [0.1, 0.15) is 49.9 Å². The molecule has 2 saturated heterocycles. The smallest absolute Gasteiger partial charge is 0.256 e. The van der Waals surface area contributed by atoms with Crippen LogP contribution in [0, 0.1) is 5.92 Å². The molecule has 2 fully saturated rings. The predicted molar refractivity (Wildman–Crippen MR) is 96.5 cm³/mol. The molecule has 1 N–H and O–H groups in total. The van der Waals surface area contributed by atoms with Gasteiger partial charge in [0.15, 0.2) is 0 Å². The van der Waals surface area contributed by atoms with E-state index in [-0.39, 0.29) is 11.8 Å². The Kier molecular flexibility index (Phi) is 5.07. The summed E-state index contributed by atoms with van der Waals surface area (Å²) in [4.78, 5) is 28.6. The van der Waals surface area contributed by atoms with E-state index in [2.05, 4.69) is 17.1 Å². The lowest BCUT2D eigenvalue weighted by Gasteiger charge is -2.34. The van der Waals surface area contributed by atoms with Gasteiger partial charge in [-0.3, -0.25) is 9.59 Å². The number of anilines is 2. The lowest BCUT2D eigenvalue weighted by atomic mass is 9.97. The van der Waals surface area contributed by atoms with Crippen molar-refractivity contribution in [3.8, 4) is 0 Å². The minimum atomic E-state index is -0.117. The second-order valence-corrected chi connectivity index (χ2v) is 7.08. The SMILES string of the molecule is CC(=O)Nc1ccc(N2CCC(C)CC2)c(C(=O)N2CCCC2)c1. The van der Waals surface area contributed by atoms with Crippen molar-refractivity contribution in [1.29, 1.82) is 0 Å². The van der Waals surface area contributed by atoms with Gasteiger partial charge in [0.05, 0.1) is 5.56 Å². The highest BCUT2D eigenvalue weighted by Gasteiger charge is 2.26. The van der Waals surface area contributed by atoms with E-state index in [0.717, 1.165) is 69.0 Å². The van der Waals surface area contributed by atoms with E-state index in [1.165, 1.54) is 6.92 Å². The van der Waals surface area contributed by atoms with Crippen LogP contribution in [0.25, 0.3) is 0 Å². The average molecular weight is 329 g/mol. The summed E-state index contributed by atoms with van der Waals surface area (Å²) in [6, 6.07) is 5.73. The van der Waals surface area contributed by atoms with Gasteiger partial charge >= 0.3 is 0 Å². The quantitative estimate of drug-likeness (QED) is 0.927. The number of nitrogens with one attached hydrogen (secondary N) is 1. The summed E-state index contributed by atoms with van der Waals surface area (Å²) in [7, 11) is 0. The predicted octanol–water partition coefficient (Wildman–Crippen LogP) is 3.12. The monoisotopic (exact) mass is 329 g/mol. The number of carbonyl (C=O) groups excluding carboxylic acids is 2. The normalized spacial score (nSPS) is 18.8. The Bertz CT molecular complexity index is 615. The number of piperidine rings is 1. The Morgan fingerprint density at radius 2 is 1.75 bits per heavy atom. The van der Waals surface area contributed by atoms with E-state index in [9.17, 15) is 9.59 Å². The van der Waals surface area contributed by atoms with Crippen LogP contribution < -0.4 is 10.2 Å². The summed E-state index contributed by atoms with van der Waals surface area (Å²) in [6.07, 6.45) is 4.47. The Morgan fingerprint density at radius 1 is 1.08 bits per heavy atom. The van der Waals surface area contributed by atoms with Gasteiger partial charge in [-0.15, -0.1) is 0 Å². The zero-order chi connectivity index (χ0) is 17.1. The van der Waals surface area contributed by atoms with Crippen molar-refractivity contribution in [1.82, 2.24) is 4.90 Å². The molecule has 5 nitrogen and oxygen atoms in total. The molecule has 2 aliphatic heterocycles. The molecule has 0 radical (unpaired) electrons. The molecular weight excluding hydrogens is 302 g/mol. The first-order chi connectivity index (χ1) is 11.5. The van der Waals surface area contributed by atoms with Crippen LogP contribution in [-0.2, 0) is 4.79 Å². The molecule has 0 aliphatic carbocycles. The summed E-state index contributed by atoms with van der Waals surface area (Å²) < 4.78 is 0. The molecule has 1 aromatic carbocycles. The van der Waals surface area contributed by atoms with E-state index >= 15 is 0 Å². The lowest BCUT2D eigenvalue weighted by molar-refractivity contribution is -0.114. The lowest BCUT2D eigenvalue weighted by Crippen LogP contribution is -2.35. The van der Waals surface area contributed by atoms with Crippen molar-refractivity contribution in [2.24, 2.45) is 5.92 Å². The summed E-state index contributed by atoms with van der Waals surface area (Å²) in [5.41, 5.74) is 2.42. The van der Waals surface area contributed by atoms with Gasteiger partial charge in [0.1, 0.15) is 0 Å². The van der Waals surface area contributed by atoms with Crippen molar-refractivity contribution in [2.75, 3.05) is 36.4 Å². The van der Waals surface area contributed by atoms with E-state index < -0.39 is 0 Å². The summed E-state index contributed by atoms with van der Waals surface area (Å²) in [5.74, 6) is 0.722. The van der Waals surface area contributed by atoms with Crippen LogP contribution in [0.2, 0.25) is 0 Å². The number of nitrogens with zero attached hydrogens (tertiary/aromatic N) is 2. The molecule has 2 heterocycles. The maximum atomic E-state index is 13.0. The van der Waals surface area contributed by atoms with Crippen LogP contribution in [0.15, 0.2) is 18.2 Å². The van der Waals surface area contributed by atoms with Gasteiger partial charge in [-0.05, 0) is 49.8 Å². The van der Waals surface area contributed by atoms with E-state index in [4.69, 9.17) is 0 Å². The van der Waals surface area contributed by atoms with Crippen molar-refractivity contribution in [3.05, 3.63) is 23.8 Å². The highest BCUT2D eigenvalue weighted by molar-refractivity contribution is 6.02. The highest BCUT2D eigenvalue weighted by Crippen LogP contribution is 2.30. The molecule has 5 heteroatoms. The third-order valence-electron chi connectivity index (χ3n) is 5.06. The summed E-state index contributed by atoms with van der Waals surface area (Å²) in [5, 5.41) is 2.80. The molecule has 1 aromatic rings. The molecule has 3 rings (SSSR count). The van der Waals surface area contributed by atoms with Gasteiger partial charge in [0, 0.05) is 44.5 Å². The minimum Gasteiger partial charge on any atom is -0.371 e. The van der Waals surface area contributed by atoms with E-state index in [0.29, 0.717) is 5.69 Å². The van der Waals surface area contributed by atoms with Crippen LogP contribution >= 0.6 is 0 Å². The van der Waals surface area contributed by atoms with Crippen molar-refractivity contribution < 1.29 is 9.59 Å². The maximum absolute atomic E-state index is 13.0. The topological polar surface area (TPSA) is 52.7 Å². The standard InChI is InChI=1S/C19H27N3O2/c1-14-7-11-21(12-8-14)18-6-5-16(20-15(2)23)13-17(18)19(24)22-9-3-4-10-22/h5-6,13-14H,3-4,7-12H2,1-2H3,(H,20,23). The van der Waals surface area contributed by atoms with Crippen LogP contribution in [-0.4, -0.2) is 42.9 Å². The number of carbonyl (C=O) groups is 2. The third kappa shape index (κ3) is 3.71. The largest absolute Gasteiger partial charge is 0.371 e. The molecule has 0 unspecified atom stereocenters. The number of hydrogen-bond donors (Lipinski definition) is 1. The van der Waals surface area contributed by atoms with Crippen LogP contribution in [0.3, 0.4) is 0 Å². The van der Waals surface area contributed by atoms with Gasteiger partial charge in [0.25, 0.3) is 5.91 Å². The summed E-state index contributed by atoms with van der Waals surface area (Å²) >= 11 is 0. The Hall–Kier alpha value is -2.04. The van der Waals surface area contributed by atoms with Gasteiger partial charge in [-0.2, -0.15) is 0 Å². The fraction of sp³-hybridized carbons (Fsp3) is 0.579. The summed E-state index contributed by atoms with van der Waals surface area (Å²) in [6.45, 7) is 7.41.